The lowest BCUT2D eigenvalue weighted by Gasteiger charge is -2.11. The Morgan fingerprint density at radius 2 is 2.00 bits per heavy atom. The quantitative estimate of drug-likeness (QED) is 0.660. The molecular weight excluding hydrogens is 198 g/mol. The van der Waals surface area contributed by atoms with E-state index < -0.39 is 0 Å². The summed E-state index contributed by atoms with van der Waals surface area (Å²) in [5, 5.41) is 0.675. The average molecular weight is 210 g/mol. The number of halogens is 1. The molecule has 0 aliphatic carbocycles. The minimum Gasteiger partial charge on any atom is -0.440 e. The number of oxazole rings is 1. The van der Waals surface area contributed by atoms with Gasteiger partial charge < -0.3 is 4.42 Å². The second-order valence-electron chi connectivity index (χ2n) is 4.38. The zero-order chi connectivity index (χ0) is 10.3. The predicted molar refractivity (Wildman–Crippen MR) is 57.7 cm³/mol. The van der Waals surface area contributed by atoms with Gasteiger partial charge in [0.2, 0.25) is 5.89 Å². The summed E-state index contributed by atoms with van der Waals surface area (Å²) in [6.07, 6.45) is 0. The molecular formula is C11H12ClNO. The van der Waals surface area contributed by atoms with Crippen LogP contribution in [0.5, 0.6) is 0 Å². The first-order valence-corrected chi connectivity index (χ1v) is 4.91. The molecule has 0 N–H and O–H groups in total. The summed E-state index contributed by atoms with van der Waals surface area (Å²) in [4.78, 5) is 4.40. The van der Waals surface area contributed by atoms with Crippen molar-refractivity contribution in [3.8, 4) is 0 Å². The Kier molecular flexibility index (Phi) is 2.04. The highest BCUT2D eigenvalue weighted by atomic mass is 35.5. The maximum Gasteiger partial charge on any atom is 0.200 e. The first-order valence-electron chi connectivity index (χ1n) is 4.53. The average Bonchev–Trinajstić information content (AvgIpc) is 2.45. The molecule has 1 aromatic heterocycles. The van der Waals surface area contributed by atoms with E-state index in [9.17, 15) is 0 Å². The van der Waals surface area contributed by atoms with Crippen LogP contribution in [0.15, 0.2) is 22.6 Å². The molecule has 0 saturated carbocycles. The monoisotopic (exact) mass is 209 g/mol. The smallest absolute Gasteiger partial charge is 0.200 e. The van der Waals surface area contributed by atoms with Gasteiger partial charge >= 0.3 is 0 Å². The largest absolute Gasteiger partial charge is 0.440 e. The van der Waals surface area contributed by atoms with Gasteiger partial charge in [0.15, 0.2) is 5.58 Å². The van der Waals surface area contributed by atoms with Gasteiger partial charge in [-0.1, -0.05) is 32.4 Å². The second kappa shape index (κ2) is 2.99. The van der Waals surface area contributed by atoms with Crippen LogP contribution < -0.4 is 0 Å². The Morgan fingerprint density at radius 3 is 2.64 bits per heavy atom. The van der Waals surface area contributed by atoms with Gasteiger partial charge in [-0.2, -0.15) is 0 Å². The minimum atomic E-state index is -0.0640. The molecule has 2 nitrogen and oxygen atoms in total. The SMILES string of the molecule is CC(C)(C)c1nc2ccc(Cl)cc2o1. The van der Waals surface area contributed by atoms with Gasteiger partial charge in [-0.3, -0.25) is 0 Å². The second-order valence-corrected chi connectivity index (χ2v) is 4.82. The molecule has 14 heavy (non-hydrogen) atoms. The van der Waals surface area contributed by atoms with Crippen molar-refractivity contribution in [3.05, 3.63) is 29.1 Å². The topological polar surface area (TPSA) is 26.0 Å². The molecule has 0 atom stereocenters. The number of hydrogen-bond acceptors (Lipinski definition) is 2. The third-order valence-electron chi connectivity index (χ3n) is 1.99. The molecule has 3 heteroatoms. The fraction of sp³-hybridized carbons (Fsp3) is 0.364. The van der Waals surface area contributed by atoms with Gasteiger partial charge in [-0.05, 0) is 12.1 Å². The fourth-order valence-electron chi connectivity index (χ4n) is 1.22. The lowest BCUT2D eigenvalue weighted by atomic mass is 9.97. The Morgan fingerprint density at radius 1 is 1.29 bits per heavy atom. The first kappa shape index (κ1) is 9.53. The van der Waals surface area contributed by atoms with E-state index >= 15 is 0 Å². The van der Waals surface area contributed by atoms with Crippen molar-refractivity contribution in [2.24, 2.45) is 0 Å². The van der Waals surface area contributed by atoms with E-state index in [-0.39, 0.29) is 5.41 Å². The number of nitrogens with zero attached hydrogens (tertiary/aromatic N) is 1. The molecule has 0 fully saturated rings. The van der Waals surface area contributed by atoms with Crippen LogP contribution in [0.3, 0.4) is 0 Å². The third-order valence-corrected chi connectivity index (χ3v) is 2.23. The van der Waals surface area contributed by atoms with E-state index in [1.807, 2.05) is 12.1 Å². The molecule has 1 aromatic carbocycles. The van der Waals surface area contributed by atoms with Gasteiger partial charge in [-0.15, -0.1) is 0 Å². The molecule has 0 saturated heterocycles. The molecule has 0 amide bonds. The fourth-order valence-corrected chi connectivity index (χ4v) is 1.38. The number of aromatic nitrogens is 1. The Labute approximate surface area is 87.9 Å². The van der Waals surface area contributed by atoms with E-state index in [2.05, 4.69) is 25.8 Å². The zero-order valence-electron chi connectivity index (χ0n) is 8.47. The van der Waals surface area contributed by atoms with Crippen LogP contribution in [0.2, 0.25) is 5.02 Å². The highest BCUT2D eigenvalue weighted by Gasteiger charge is 2.20. The van der Waals surface area contributed by atoms with Crippen LogP contribution in [-0.4, -0.2) is 4.98 Å². The van der Waals surface area contributed by atoms with E-state index in [1.165, 1.54) is 0 Å². The third kappa shape index (κ3) is 1.62. The van der Waals surface area contributed by atoms with Gasteiger partial charge in [0.25, 0.3) is 0 Å². The predicted octanol–water partition coefficient (Wildman–Crippen LogP) is 3.78. The van der Waals surface area contributed by atoms with Crippen LogP contribution in [0.1, 0.15) is 26.7 Å². The Balaban J connectivity index is 2.63. The molecule has 2 rings (SSSR count). The van der Waals surface area contributed by atoms with Gasteiger partial charge in [-0.25, -0.2) is 4.98 Å². The minimum absolute atomic E-state index is 0.0640. The summed E-state index contributed by atoms with van der Waals surface area (Å²) in [5.74, 6) is 0.745. The standard InChI is InChI=1S/C11H12ClNO/c1-11(2,3)10-13-8-5-4-7(12)6-9(8)14-10/h4-6H,1-3H3. The van der Waals surface area contributed by atoms with Crippen molar-refractivity contribution in [1.29, 1.82) is 0 Å². The van der Waals surface area contributed by atoms with Gasteiger partial charge in [0, 0.05) is 16.5 Å². The maximum absolute atomic E-state index is 5.85. The van der Waals surface area contributed by atoms with Crippen LogP contribution in [0.25, 0.3) is 11.1 Å². The van der Waals surface area contributed by atoms with Crippen molar-refractivity contribution in [3.63, 3.8) is 0 Å². The molecule has 1 heterocycles. The summed E-state index contributed by atoms with van der Waals surface area (Å²) in [7, 11) is 0. The highest BCUT2D eigenvalue weighted by Crippen LogP contribution is 2.27. The van der Waals surface area contributed by atoms with Crippen molar-refractivity contribution in [1.82, 2.24) is 4.98 Å². The first-order chi connectivity index (χ1) is 6.47. The number of rotatable bonds is 0. The van der Waals surface area contributed by atoms with E-state index in [4.69, 9.17) is 16.0 Å². The Hall–Kier alpha value is -1.02. The normalized spacial score (nSPS) is 12.3. The molecule has 0 spiro atoms. The van der Waals surface area contributed by atoms with Gasteiger partial charge in [0.1, 0.15) is 5.52 Å². The highest BCUT2D eigenvalue weighted by molar-refractivity contribution is 6.31. The summed E-state index contributed by atoms with van der Waals surface area (Å²) >= 11 is 5.85. The Bertz CT molecular complexity index is 468. The lowest BCUT2D eigenvalue weighted by Crippen LogP contribution is -2.10. The molecule has 0 aliphatic heterocycles. The van der Waals surface area contributed by atoms with E-state index in [0.29, 0.717) is 5.02 Å². The molecule has 0 bridgehead atoms. The van der Waals surface area contributed by atoms with Crippen molar-refractivity contribution >= 4 is 22.7 Å². The maximum atomic E-state index is 5.85. The molecule has 0 aliphatic rings. The van der Waals surface area contributed by atoms with Crippen LogP contribution >= 0.6 is 11.6 Å². The molecule has 0 radical (unpaired) electrons. The van der Waals surface area contributed by atoms with Crippen LogP contribution in [0.4, 0.5) is 0 Å². The van der Waals surface area contributed by atoms with Crippen molar-refractivity contribution in [2.45, 2.75) is 26.2 Å². The summed E-state index contributed by atoms with van der Waals surface area (Å²) in [6.45, 7) is 6.21. The number of fused-ring (bicyclic) bond motifs is 1. The molecule has 0 unspecified atom stereocenters. The van der Waals surface area contributed by atoms with Crippen LogP contribution in [-0.2, 0) is 5.41 Å². The lowest BCUT2D eigenvalue weighted by molar-refractivity contribution is 0.411. The molecule has 2 aromatic rings. The molecule has 74 valence electrons. The van der Waals surface area contributed by atoms with Crippen molar-refractivity contribution in [2.75, 3.05) is 0 Å². The van der Waals surface area contributed by atoms with E-state index in [0.717, 1.165) is 17.0 Å². The van der Waals surface area contributed by atoms with Crippen LogP contribution in [0, 0.1) is 0 Å². The zero-order valence-corrected chi connectivity index (χ0v) is 9.22. The number of hydrogen-bond donors (Lipinski definition) is 0. The number of benzene rings is 1. The van der Waals surface area contributed by atoms with Gasteiger partial charge in [0.05, 0.1) is 0 Å². The summed E-state index contributed by atoms with van der Waals surface area (Å²) < 4.78 is 5.62. The van der Waals surface area contributed by atoms with E-state index in [1.54, 1.807) is 6.07 Å². The summed E-state index contributed by atoms with van der Waals surface area (Å²) in [6, 6.07) is 5.48. The summed E-state index contributed by atoms with van der Waals surface area (Å²) in [5.41, 5.74) is 1.55. The van der Waals surface area contributed by atoms with Crippen molar-refractivity contribution < 1.29 is 4.42 Å².